The van der Waals surface area contributed by atoms with Gasteiger partial charge in [0.1, 0.15) is 17.3 Å². The topological polar surface area (TPSA) is 96.8 Å². The highest BCUT2D eigenvalue weighted by molar-refractivity contribution is 5.98. The molecule has 0 unspecified atom stereocenters. The Balaban J connectivity index is 2.48. The van der Waals surface area contributed by atoms with Crippen molar-refractivity contribution in [2.45, 2.75) is 6.42 Å². The van der Waals surface area contributed by atoms with Gasteiger partial charge in [-0.05, 0) is 17.7 Å². The molecule has 0 aliphatic rings. The molecule has 4 N–H and O–H groups in total. The van der Waals surface area contributed by atoms with Crippen LogP contribution in [0.3, 0.4) is 0 Å². The zero-order chi connectivity index (χ0) is 17.9. The van der Waals surface area contributed by atoms with Crippen LogP contribution >= 0.6 is 0 Å². The van der Waals surface area contributed by atoms with Crippen molar-refractivity contribution < 1.29 is 23.4 Å². The number of halogens is 1. The first-order valence-electron chi connectivity index (χ1n) is 7.08. The van der Waals surface area contributed by atoms with Crippen molar-refractivity contribution in [1.29, 1.82) is 0 Å². The molecule has 0 amide bonds. The molecule has 0 saturated carbocycles. The minimum atomic E-state index is -0.744. The van der Waals surface area contributed by atoms with Gasteiger partial charge in [-0.2, -0.15) is 0 Å². The number of methoxy groups -OCH3 is 3. The van der Waals surface area contributed by atoms with E-state index in [0.717, 1.165) is 6.07 Å². The van der Waals surface area contributed by atoms with Crippen LogP contribution in [0.1, 0.15) is 21.5 Å². The van der Waals surface area contributed by atoms with Crippen LogP contribution in [0.25, 0.3) is 0 Å². The van der Waals surface area contributed by atoms with Gasteiger partial charge in [0.25, 0.3) is 0 Å². The molecule has 0 heterocycles. The van der Waals surface area contributed by atoms with E-state index in [0.29, 0.717) is 17.1 Å². The number of nitrogens with two attached hydrogens (primary N) is 2. The van der Waals surface area contributed by atoms with Crippen LogP contribution in [-0.4, -0.2) is 27.3 Å². The molecule has 0 spiro atoms. The Morgan fingerprint density at radius 1 is 1.08 bits per heavy atom. The van der Waals surface area contributed by atoms with Crippen molar-refractivity contribution in [2.75, 3.05) is 32.8 Å². The number of rotatable bonds is 5. The van der Waals surface area contributed by atoms with E-state index in [9.17, 15) is 9.18 Å². The summed E-state index contributed by atoms with van der Waals surface area (Å²) in [6.45, 7) is 0. The summed E-state index contributed by atoms with van der Waals surface area (Å²) in [7, 11) is 4.23. The van der Waals surface area contributed by atoms with E-state index in [2.05, 4.69) is 4.74 Å². The largest absolute Gasteiger partial charge is 0.497 e. The number of ether oxygens (including phenoxy) is 3. The third kappa shape index (κ3) is 3.19. The molecular weight excluding hydrogens is 315 g/mol. The van der Waals surface area contributed by atoms with Crippen LogP contribution in [0.15, 0.2) is 24.3 Å². The fourth-order valence-corrected chi connectivity index (χ4v) is 2.37. The summed E-state index contributed by atoms with van der Waals surface area (Å²) in [4.78, 5) is 11.6. The number of benzene rings is 2. The Bertz CT molecular complexity index is 778. The van der Waals surface area contributed by atoms with Gasteiger partial charge in [0.2, 0.25) is 0 Å². The van der Waals surface area contributed by atoms with E-state index in [4.69, 9.17) is 20.9 Å². The third-order valence-corrected chi connectivity index (χ3v) is 3.73. The van der Waals surface area contributed by atoms with Gasteiger partial charge in [-0.25, -0.2) is 9.18 Å². The van der Waals surface area contributed by atoms with Gasteiger partial charge < -0.3 is 25.7 Å². The van der Waals surface area contributed by atoms with Crippen LogP contribution in [0.5, 0.6) is 11.5 Å². The molecule has 128 valence electrons. The molecule has 0 bridgehead atoms. The minimum Gasteiger partial charge on any atom is -0.497 e. The number of carbonyl (C=O) groups is 1. The minimum absolute atomic E-state index is 0.00766. The van der Waals surface area contributed by atoms with Crippen molar-refractivity contribution in [3.63, 3.8) is 0 Å². The molecule has 0 saturated heterocycles. The van der Waals surface area contributed by atoms with Crippen LogP contribution in [0.2, 0.25) is 0 Å². The SMILES string of the molecule is COC(=O)c1cc(F)c(Cc2ccc(OC)cc2OC)c(N)c1N. The van der Waals surface area contributed by atoms with Gasteiger partial charge in [-0.15, -0.1) is 0 Å². The lowest BCUT2D eigenvalue weighted by Crippen LogP contribution is -2.12. The fourth-order valence-electron chi connectivity index (χ4n) is 2.37. The highest BCUT2D eigenvalue weighted by Gasteiger charge is 2.20. The maximum Gasteiger partial charge on any atom is 0.340 e. The maximum absolute atomic E-state index is 14.4. The van der Waals surface area contributed by atoms with Crippen molar-refractivity contribution in [3.8, 4) is 11.5 Å². The van der Waals surface area contributed by atoms with Crippen molar-refractivity contribution in [1.82, 2.24) is 0 Å². The normalized spacial score (nSPS) is 10.3. The van der Waals surface area contributed by atoms with E-state index in [-0.39, 0.29) is 28.9 Å². The first kappa shape index (κ1) is 17.4. The molecular formula is C17H19FN2O4. The standard InChI is InChI=1S/C17H19FN2O4/c1-22-10-5-4-9(14(7-10)23-2)6-11-13(18)8-12(17(21)24-3)16(20)15(11)19/h4-5,7-8H,6,19-20H2,1-3H3. The summed E-state index contributed by atoms with van der Waals surface area (Å²) in [5, 5.41) is 0. The molecule has 24 heavy (non-hydrogen) atoms. The maximum atomic E-state index is 14.4. The number of esters is 1. The average molecular weight is 334 g/mol. The molecule has 2 rings (SSSR count). The number of anilines is 2. The van der Waals surface area contributed by atoms with Crippen molar-refractivity contribution >= 4 is 17.3 Å². The van der Waals surface area contributed by atoms with Crippen LogP contribution < -0.4 is 20.9 Å². The highest BCUT2D eigenvalue weighted by Crippen LogP contribution is 2.33. The van der Waals surface area contributed by atoms with E-state index >= 15 is 0 Å². The number of carbonyl (C=O) groups excluding carboxylic acids is 1. The second-order valence-electron chi connectivity index (χ2n) is 5.06. The van der Waals surface area contributed by atoms with Gasteiger partial charge in [0, 0.05) is 18.1 Å². The zero-order valence-corrected chi connectivity index (χ0v) is 13.7. The summed E-state index contributed by atoms with van der Waals surface area (Å²) in [6.07, 6.45) is 0.149. The molecule has 0 aliphatic carbocycles. The monoisotopic (exact) mass is 334 g/mol. The van der Waals surface area contributed by atoms with Crippen molar-refractivity contribution in [2.24, 2.45) is 0 Å². The third-order valence-electron chi connectivity index (χ3n) is 3.73. The van der Waals surface area contributed by atoms with Gasteiger partial charge in [0.15, 0.2) is 0 Å². The number of nitrogen functional groups attached to an aromatic ring is 2. The molecule has 0 atom stereocenters. The van der Waals surface area contributed by atoms with E-state index in [1.165, 1.54) is 14.2 Å². The lowest BCUT2D eigenvalue weighted by Gasteiger charge is -2.15. The fraction of sp³-hybridized carbons (Fsp3) is 0.235. The van der Waals surface area contributed by atoms with E-state index in [1.54, 1.807) is 25.3 Å². The van der Waals surface area contributed by atoms with Gasteiger partial charge in [-0.1, -0.05) is 6.07 Å². The molecule has 0 aromatic heterocycles. The molecule has 0 radical (unpaired) electrons. The van der Waals surface area contributed by atoms with Gasteiger partial charge in [-0.3, -0.25) is 0 Å². The summed E-state index contributed by atoms with van der Waals surface area (Å²) >= 11 is 0. The Hall–Kier alpha value is -2.96. The molecule has 7 heteroatoms. The van der Waals surface area contributed by atoms with Gasteiger partial charge in [0.05, 0.1) is 38.3 Å². The average Bonchev–Trinajstić information content (AvgIpc) is 2.60. The first-order chi connectivity index (χ1) is 11.4. The van der Waals surface area contributed by atoms with Crippen LogP contribution in [0, 0.1) is 5.82 Å². The van der Waals surface area contributed by atoms with Crippen LogP contribution in [-0.2, 0) is 11.2 Å². The van der Waals surface area contributed by atoms with Gasteiger partial charge >= 0.3 is 5.97 Å². The van der Waals surface area contributed by atoms with Crippen LogP contribution in [0.4, 0.5) is 15.8 Å². The summed E-state index contributed by atoms with van der Waals surface area (Å²) < 4.78 is 29.5. The van der Waals surface area contributed by atoms with Crippen molar-refractivity contribution in [3.05, 3.63) is 46.8 Å². The Morgan fingerprint density at radius 2 is 1.79 bits per heavy atom. The first-order valence-corrected chi connectivity index (χ1v) is 7.08. The predicted octanol–water partition coefficient (Wildman–Crippen LogP) is 2.38. The molecule has 2 aromatic rings. The van der Waals surface area contributed by atoms with E-state index < -0.39 is 11.8 Å². The number of hydrogen-bond donors (Lipinski definition) is 2. The summed E-state index contributed by atoms with van der Waals surface area (Å²) in [5.74, 6) is -0.236. The lowest BCUT2D eigenvalue weighted by atomic mass is 9.98. The van der Waals surface area contributed by atoms with E-state index in [1.807, 2.05) is 0 Å². The Labute approximate surface area is 139 Å². The summed E-state index contributed by atoms with van der Waals surface area (Å²) in [5.41, 5.74) is 12.6. The molecule has 0 aliphatic heterocycles. The highest BCUT2D eigenvalue weighted by atomic mass is 19.1. The zero-order valence-electron chi connectivity index (χ0n) is 13.7. The lowest BCUT2D eigenvalue weighted by molar-refractivity contribution is 0.0601. The molecule has 2 aromatic carbocycles. The summed E-state index contributed by atoms with van der Waals surface area (Å²) in [6, 6.07) is 6.21. The number of hydrogen-bond acceptors (Lipinski definition) is 6. The molecule has 6 nitrogen and oxygen atoms in total. The second kappa shape index (κ2) is 7.08. The Morgan fingerprint density at radius 3 is 2.38 bits per heavy atom. The molecule has 0 fully saturated rings. The predicted molar refractivity (Wildman–Crippen MR) is 88.9 cm³/mol. The smallest absolute Gasteiger partial charge is 0.340 e. The second-order valence-corrected chi connectivity index (χ2v) is 5.06. The quantitative estimate of drug-likeness (QED) is 0.644. The Kier molecular flexibility index (Phi) is 5.13.